The molecule has 0 radical (unpaired) electrons. The van der Waals surface area contributed by atoms with Crippen LogP contribution in [0, 0.1) is 6.92 Å². The minimum atomic E-state index is -0.243. The second-order valence-electron chi connectivity index (χ2n) is 6.88. The van der Waals surface area contributed by atoms with Gasteiger partial charge >= 0.3 is 0 Å². The van der Waals surface area contributed by atoms with E-state index in [-0.39, 0.29) is 11.6 Å². The van der Waals surface area contributed by atoms with E-state index in [1.165, 1.54) is 0 Å². The molecule has 4 rings (SSSR count). The van der Waals surface area contributed by atoms with Gasteiger partial charge in [0, 0.05) is 23.7 Å². The van der Waals surface area contributed by atoms with Gasteiger partial charge in [-0.05, 0) is 39.0 Å². The van der Waals surface area contributed by atoms with Crippen molar-refractivity contribution in [3.8, 4) is 17.2 Å². The van der Waals surface area contributed by atoms with Crippen molar-refractivity contribution >= 4 is 5.82 Å². The number of anilines is 1. The molecule has 0 saturated carbocycles. The molecule has 1 aliphatic heterocycles. The molecule has 1 unspecified atom stereocenters. The van der Waals surface area contributed by atoms with Gasteiger partial charge in [0.05, 0.1) is 6.04 Å². The molecule has 25 heavy (non-hydrogen) atoms. The first-order valence-electron chi connectivity index (χ1n) is 8.31. The molecule has 0 amide bonds. The maximum Gasteiger partial charge on any atom is 0.258 e. The molecule has 6 nitrogen and oxygen atoms in total. The van der Waals surface area contributed by atoms with Crippen molar-refractivity contribution in [1.29, 1.82) is 0 Å². The summed E-state index contributed by atoms with van der Waals surface area (Å²) in [6, 6.07) is 12.0. The van der Waals surface area contributed by atoms with E-state index in [4.69, 9.17) is 9.26 Å². The quantitative estimate of drug-likeness (QED) is 0.774. The summed E-state index contributed by atoms with van der Waals surface area (Å²) >= 11 is 0. The van der Waals surface area contributed by atoms with Crippen LogP contribution in [0.1, 0.15) is 37.7 Å². The maximum absolute atomic E-state index is 6.09. The minimum Gasteiger partial charge on any atom is -0.487 e. The number of aromatic nitrogens is 3. The molecule has 0 spiro atoms. The lowest BCUT2D eigenvalue weighted by atomic mass is 9.89. The molecule has 1 N–H and O–H groups in total. The topological polar surface area (TPSA) is 73.1 Å². The first-order chi connectivity index (χ1) is 12.0. The largest absolute Gasteiger partial charge is 0.487 e. The molecule has 0 bridgehead atoms. The summed E-state index contributed by atoms with van der Waals surface area (Å²) in [5, 5.41) is 7.37. The number of fused-ring (bicyclic) bond motifs is 1. The van der Waals surface area contributed by atoms with Crippen LogP contribution in [0.4, 0.5) is 5.82 Å². The highest BCUT2D eigenvalue weighted by atomic mass is 16.5. The van der Waals surface area contributed by atoms with Crippen molar-refractivity contribution in [2.24, 2.45) is 0 Å². The van der Waals surface area contributed by atoms with Gasteiger partial charge in [-0.1, -0.05) is 23.4 Å². The van der Waals surface area contributed by atoms with E-state index in [0.717, 1.165) is 29.1 Å². The summed E-state index contributed by atoms with van der Waals surface area (Å²) in [5.41, 5.74) is 1.74. The molecule has 1 aromatic carbocycles. The first-order valence-corrected chi connectivity index (χ1v) is 8.31. The van der Waals surface area contributed by atoms with E-state index in [1.54, 1.807) is 13.1 Å². The third-order valence-electron chi connectivity index (χ3n) is 4.23. The number of nitrogens with one attached hydrogen (secondary N) is 1. The fraction of sp³-hybridized carbons (Fsp3) is 0.316. The van der Waals surface area contributed by atoms with Gasteiger partial charge in [-0.25, -0.2) is 4.98 Å². The number of ether oxygens (including phenoxy) is 1. The second-order valence-corrected chi connectivity index (χ2v) is 6.88. The SMILES string of the molecule is Cc1noc(-c2ccnc(NC3CC(C)(C)Oc4ccccc43)c2)n1. The molecule has 1 atom stereocenters. The van der Waals surface area contributed by atoms with Crippen LogP contribution in [0.5, 0.6) is 5.75 Å². The lowest BCUT2D eigenvalue weighted by Crippen LogP contribution is -2.37. The molecule has 6 heteroatoms. The zero-order valence-electron chi connectivity index (χ0n) is 14.5. The lowest BCUT2D eigenvalue weighted by molar-refractivity contribution is 0.0758. The van der Waals surface area contributed by atoms with E-state index in [1.807, 2.05) is 30.3 Å². The van der Waals surface area contributed by atoms with Crippen LogP contribution in [-0.2, 0) is 0 Å². The Morgan fingerprint density at radius 1 is 1.20 bits per heavy atom. The molecule has 0 aliphatic carbocycles. The second kappa shape index (κ2) is 5.88. The van der Waals surface area contributed by atoms with Crippen molar-refractivity contribution in [3.63, 3.8) is 0 Å². The van der Waals surface area contributed by atoms with E-state index < -0.39 is 0 Å². The van der Waals surface area contributed by atoms with Gasteiger partial charge in [-0.2, -0.15) is 4.98 Å². The summed E-state index contributed by atoms with van der Waals surface area (Å²) in [6.45, 7) is 6.00. The lowest BCUT2D eigenvalue weighted by Gasteiger charge is -2.38. The van der Waals surface area contributed by atoms with Crippen molar-refractivity contribution < 1.29 is 9.26 Å². The fourth-order valence-corrected chi connectivity index (χ4v) is 3.17. The number of benzene rings is 1. The van der Waals surface area contributed by atoms with Gasteiger partial charge in [0.1, 0.15) is 17.2 Å². The molecular formula is C19H20N4O2. The normalized spacial score (nSPS) is 18.3. The van der Waals surface area contributed by atoms with E-state index in [0.29, 0.717) is 11.7 Å². The number of nitrogens with zero attached hydrogens (tertiary/aromatic N) is 3. The average molecular weight is 336 g/mol. The maximum atomic E-state index is 6.09. The van der Waals surface area contributed by atoms with Gasteiger partial charge in [-0.15, -0.1) is 0 Å². The van der Waals surface area contributed by atoms with Gasteiger partial charge in [0.25, 0.3) is 5.89 Å². The zero-order chi connectivity index (χ0) is 17.4. The average Bonchev–Trinajstić information content (AvgIpc) is 3.01. The number of hydrogen-bond acceptors (Lipinski definition) is 6. The van der Waals surface area contributed by atoms with Gasteiger partial charge in [-0.3, -0.25) is 0 Å². The minimum absolute atomic E-state index is 0.118. The molecule has 1 aliphatic rings. The monoisotopic (exact) mass is 336 g/mol. The Balaban J connectivity index is 1.64. The standard InChI is InChI=1S/C19H20N4O2/c1-12-21-18(25-23-12)13-8-9-20-17(10-13)22-15-11-19(2,3)24-16-7-5-4-6-14(15)16/h4-10,15H,11H2,1-3H3,(H,20,22). The summed E-state index contributed by atoms with van der Waals surface area (Å²) in [7, 11) is 0. The zero-order valence-corrected chi connectivity index (χ0v) is 14.5. The third kappa shape index (κ3) is 3.20. The van der Waals surface area contributed by atoms with Crippen LogP contribution in [0.15, 0.2) is 47.1 Å². The van der Waals surface area contributed by atoms with Gasteiger partial charge < -0.3 is 14.6 Å². The molecule has 3 heterocycles. The molecule has 2 aromatic heterocycles. The van der Waals surface area contributed by atoms with Crippen LogP contribution in [0.2, 0.25) is 0 Å². The number of rotatable bonds is 3. The van der Waals surface area contributed by atoms with Crippen molar-refractivity contribution in [3.05, 3.63) is 54.0 Å². The van der Waals surface area contributed by atoms with E-state index >= 15 is 0 Å². The van der Waals surface area contributed by atoms with E-state index in [9.17, 15) is 0 Å². The predicted molar refractivity (Wildman–Crippen MR) is 94.4 cm³/mol. The number of hydrogen-bond donors (Lipinski definition) is 1. The van der Waals surface area contributed by atoms with Crippen molar-refractivity contribution in [1.82, 2.24) is 15.1 Å². The van der Waals surface area contributed by atoms with Crippen LogP contribution in [-0.4, -0.2) is 20.7 Å². The highest BCUT2D eigenvalue weighted by molar-refractivity contribution is 5.58. The van der Waals surface area contributed by atoms with Crippen LogP contribution in [0.25, 0.3) is 11.5 Å². The Labute approximate surface area is 146 Å². The summed E-state index contributed by atoms with van der Waals surface area (Å²) < 4.78 is 11.3. The highest BCUT2D eigenvalue weighted by Gasteiger charge is 2.33. The smallest absolute Gasteiger partial charge is 0.258 e. The van der Waals surface area contributed by atoms with Crippen LogP contribution < -0.4 is 10.1 Å². The van der Waals surface area contributed by atoms with Crippen LogP contribution >= 0.6 is 0 Å². The summed E-state index contributed by atoms with van der Waals surface area (Å²) in [6.07, 6.45) is 2.59. The first kappa shape index (κ1) is 15.6. The molecule has 0 saturated heterocycles. The van der Waals surface area contributed by atoms with Gasteiger partial charge in [0.2, 0.25) is 0 Å². The number of pyridine rings is 1. The van der Waals surface area contributed by atoms with Gasteiger partial charge in [0.15, 0.2) is 5.82 Å². The Hall–Kier alpha value is -2.89. The predicted octanol–water partition coefficient (Wildman–Crippen LogP) is 4.15. The Morgan fingerprint density at radius 2 is 2.04 bits per heavy atom. The summed E-state index contributed by atoms with van der Waals surface area (Å²) in [4.78, 5) is 8.72. The summed E-state index contributed by atoms with van der Waals surface area (Å²) in [5.74, 6) is 2.79. The number of aryl methyl sites for hydroxylation is 1. The van der Waals surface area contributed by atoms with Crippen molar-refractivity contribution in [2.75, 3.05) is 5.32 Å². The number of para-hydroxylation sites is 1. The highest BCUT2D eigenvalue weighted by Crippen LogP contribution is 2.40. The van der Waals surface area contributed by atoms with Crippen LogP contribution in [0.3, 0.4) is 0 Å². The molecule has 0 fully saturated rings. The Morgan fingerprint density at radius 3 is 2.84 bits per heavy atom. The molecular weight excluding hydrogens is 316 g/mol. The van der Waals surface area contributed by atoms with E-state index in [2.05, 4.69) is 40.4 Å². The molecule has 3 aromatic rings. The Kier molecular flexibility index (Phi) is 3.67. The third-order valence-corrected chi connectivity index (χ3v) is 4.23. The van der Waals surface area contributed by atoms with Crippen molar-refractivity contribution in [2.45, 2.75) is 38.8 Å². The Bertz CT molecular complexity index is 904. The fourth-order valence-electron chi connectivity index (χ4n) is 3.17. The molecule has 128 valence electrons.